The van der Waals surface area contributed by atoms with E-state index < -0.39 is 35.3 Å². The van der Waals surface area contributed by atoms with E-state index in [1.165, 1.54) is 28.3 Å². The highest BCUT2D eigenvalue weighted by Gasteiger charge is 2.48. The van der Waals surface area contributed by atoms with Crippen molar-refractivity contribution in [3.8, 4) is 11.5 Å². The second kappa shape index (κ2) is 33.8. The summed E-state index contributed by atoms with van der Waals surface area (Å²) in [5.74, 6) is 2.12. The van der Waals surface area contributed by atoms with E-state index in [2.05, 4.69) is 70.7 Å². The minimum absolute atomic E-state index is 0.00972. The first-order valence-electron chi connectivity index (χ1n) is 37.4. The first-order valence-corrected chi connectivity index (χ1v) is 38.1. The number of ether oxygens (including phenoxy) is 3. The molecule has 1 aliphatic carbocycles. The quantitative estimate of drug-likeness (QED) is 0.0378. The fourth-order valence-electron chi connectivity index (χ4n) is 16.1. The molecule has 8 heterocycles. The molecule has 5 aromatic rings. The molecule has 1 aromatic heterocycles. The van der Waals surface area contributed by atoms with Crippen LogP contribution in [0, 0.1) is 28.9 Å². The maximum Gasteiger partial charge on any atom is 0.326 e. The van der Waals surface area contributed by atoms with E-state index in [4.69, 9.17) is 42.4 Å². The summed E-state index contributed by atoms with van der Waals surface area (Å²) in [4.78, 5) is 98.7. The lowest BCUT2D eigenvalue weighted by molar-refractivity contribution is -0.139. The minimum atomic E-state index is -0.599. The van der Waals surface area contributed by atoms with Gasteiger partial charge in [-0.3, -0.25) is 34.0 Å². The normalized spacial score (nSPS) is 21.9. The molecule has 6 fully saturated rings. The Bertz CT molecular complexity index is 4100. The average Bonchev–Trinajstić information content (AvgIpc) is 1.56. The highest BCUT2D eigenvalue weighted by atomic mass is 35.5. The van der Waals surface area contributed by atoms with Crippen LogP contribution in [0.3, 0.4) is 0 Å². The topological polar surface area (TPSA) is 225 Å². The Labute approximate surface area is 630 Å². The van der Waals surface area contributed by atoms with E-state index in [1.807, 2.05) is 86.7 Å². The third-order valence-corrected chi connectivity index (χ3v) is 22.6. The smallest absolute Gasteiger partial charge is 0.326 e. The number of amides is 6. The monoisotopic (exact) mass is 1490 g/mol. The summed E-state index contributed by atoms with van der Waals surface area (Å²) in [5, 5.41) is 14.0. The number of benzene rings is 4. The number of urea groups is 1. The first-order chi connectivity index (χ1) is 51.1. The molecular formula is C79H99Cl2F2N15O8. The van der Waals surface area contributed by atoms with Crippen LogP contribution < -0.4 is 40.5 Å². The van der Waals surface area contributed by atoms with Gasteiger partial charge < -0.3 is 64.9 Å². The number of halogens is 4. The number of piperazine rings is 2. The van der Waals surface area contributed by atoms with Crippen molar-refractivity contribution in [2.45, 2.75) is 116 Å². The number of aliphatic imine (C=N–C) groups is 1. The van der Waals surface area contributed by atoms with E-state index in [1.54, 1.807) is 23.0 Å². The van der Waals surface area contributed by atoms with Crippen LogP contribution in [0.5, 0.6) is 11.5 Å². The largest absolute Gasteiger partial charge is 0.497 e. The average molecular weight is 1500 g/mol. The second-order valence-electron chi connectivity index (χ2n) is 30.6. The maximum absolute atomic E-state index is 15.8. The predicted octanol–water partition coefficient (Wildman–Crippen LogP) is 9.40. The molecule has 4 N–H and O–H groups in total. The molecule has 23 nitrogen and oxygen atoms in total. The highest BCUT2D eigenvalue weighted by Crippen LogP contribution is 2.44. The highest BCUT2D eigenvalue weighted by molar-refractivity contribution is 6.30. The van der Waals surface area contributed by atoms with Gasteiger partial charge in [-0.15, -0.1) is 0 Å². The van der Waals surface area contributed by atoms with Crippen LogP contribution in [0.1, 0.15) is 106 Å². The lowest BCUT2D eigenvalue weighted by atomic mass is 9.82. The third-order valence-electron chi connectivity index (χ3n) is 22.1. The van der Waals surface area contributed by atoms with Crippen LogP contribution >= 0.6 is 23.2 Å². The Kier molecular flexibility index (Phi) is 24.1. The number of nitrogens with one attached hydrogen (secondary N) is 4. The van der Waals surface area contributed by atoms with Crippen LogP contribution in [-0.2, 0) is 43.5 Å². The number of fused-ring (bicyclic) bond motifs is 1. The number of carbonyl (C=O) groups excluding carboxylic acids is 5. The predicted molar refractivity (Wildman–Crippen MR) is 405 cm³/mol. The molecule has 0 saturated carbocycles. The van der Waals surface area contributed by atoms with Crippen LogP contribution in [0.25, 0.3) is 0 Å². The van der Waals surface area contributed by atoms with Crippen LogP contribution in [-0.4, -0.2) is 224 Å². The Hall–Kier alpha value is -8.46. The number of piperidine rings is 2. The van der Waals surface area contributed by atoms with Gasteiger partial charge in [-0.25, -0.2) is 23.5 Å². The van der Waals surface area contributed by atoms with Crippen molar-refractivity contribution in [2.24, 2.45) is 22.2 Å². The van der Waals surface area contributed by atoms with Crippen molar-refractivity contribution in [1.82, 2.24) is 55.3 Å². The van der Waals surface area contributed by atoms with E-state index >= 15 is 13.6 Å². The molecule has 27 heteroatoms. The molecule has 0 radical (unpaired) electrons. The van der Waals surface area contributed by atoms with Gasteiger partial charge in [0.25, 0.3) is 0 Å². The molecular weight excluding hydrogens is 1400 g/mol. The van der Waals surface area contributed by atoms with Gasteiger partial charge in [0.2, 0.25) is 23.6 Å². The fourth-order valence-corrected chi connectivity index (χ4v) is 16.4. The standard InChI is InChI=1S/C79H99Cl2F2N15O8/c1-52(2)106-67-37-62(104-5)17-18-63(67)76-89-74(55-9-13-60(80)14-10-55)75(56-11-15-61(81)16-12-56)98(76)77(103)96-31-30-95(73(102)49-96)47-71(100)84-24-33-105-34-32-93-45-58-43-92(44-59(58)46-93)25-19-70(99)86-41-54-8-6-7-53(35-54)40-85-68-39-69(88-51-87-68)94-28-22-79(23-29-94)50-97(48-72(101)90-79)66-38-64(82)57(36-65(66)83)42-91-26-20-78(3,4)21-27-91/h6-11,13-15,17-18,35-39,51-52,58-59,74-75H,12,16,19-34,40-50H2,1-5H3,(H,84,100)(H,86,99)(H,90,101)(H,85,87,88)/t58-,59+,74-,75+/m0/s1. The molecule has 13 rings (SSSR count). The molecule has 1 spiro atoms. The number of methoxy groups -OCH3 is 1. The van der Waals surface area contributed by atoms with Gasteiger partial charge in [-0.2, -0.15) is 0 Å². The zero-order valence-electron chi connectivity index (χ0n) is 61.4. The van der Waals surface area contributed by atoms with Gasteiger partial charge in [0.15, 0.2) is 0 Å². The fraction of sp³-hybridized carbons (Fsp3) is 0.519. The number of rotatable bonds is 26. The summed E-state index contributed by atoms with van der Waals surface area (Å²) < 4.78 is 49.3. The molecule has 106 heavy (non-hydrogen) atoms. The molecule has 4 aromatic carbocycles. The van der Waals surface area contributed by atoms with Crippen molar-refractivity contribution in [2.75, 3.05) is 147 Å². The SMILES string of the molecule is COc1ccc(C2=N[C@@H](c3ccc(Cl)cc3)[C@@H](C3=CC=C(Cl)CC3)N2C(=O)N2CCN(CC(=O)NCCOCCN3C[C@@H]4CN(CCC(=O)NCc5cccc(CNc6cc(N7CCC8(CC7)CN(c7cc(F)c(CN9CCC(C)(C)CC9)cc7F)CC(=O)N8)ncn6)c5)C[C@@H]4C3)C(=O)C2)c(OC(C)C)c1. The lowest BCUT2D eigenvalue weighted by Gasteiger charge is -2.48. The number of likely N-dealkylation sites (tertiary alicyclic amines) is 3. The van der Waals surface area contributed by atoms with Crippen LogP contribution in [0.4, 0.5) is 30.9 Å². The minimum Gasteiger partial charge on any atom is -0.497 e. The Morgan fingerprint density at radius 1 is 0.745 bits per heavy atom. The van der Waals surface area contributed by atoms with Crippen LogP contribution in [0.2, 0.25) is 5.02 Å². The lowest BCUT2D eigenvalue weighted by Crippen LogP contribution is -2.66. The number of allylic oxidation sites excluding steroid dienone is 3. The number of carbonyl (C=O) groups is 5. The number of hydrogen-bond acceptors (Lipinski definition) is 17. The molecule has 8 aliphatic rings. The zero-order valence-corrected chi connectivity index (χ0v) is 62.9. The van der Waals surface area contributed by atoms with E-state index in [9.17, 15) is 19.2 Å². The van der Waals surface area contributed by atoms with Crippen molar-refractivity contribution in [1.29, 1.82) is 0 Å². The van der Waals surface area contributed by atoms with Crippen molar-refractivity contribution in [3.05, 3.63) is 158 Å². The summed E-state index contributed by atoms with van der Waals surface area (Å²) >= 11 is 12.9. The molecule has 6 saturated heterocycles. The molecule has 0 unspecified atom stereocenters. The summed E-state index contributed by atoms with van der Waals surface area (Å²) in [7, 11) is 1.58. The van der Waals surface area contributed by atoms with E-state index in [0.717, 1.165) is 86.7 Å². The zero-order chi connectivity index (χ0) is 74.2. The van der Waals surface area contributed by atoms with Gasteiger partial charge in [-0.1, -0.05) is 79.5 Å². The third kappa shape index (κ3) is 18.7. The van der Waals surface area contributed by atoms with Crippen molar-refractivity contribution >= 4 is 76.0 Å². The van der Waals surface area contributed by atoms with Crippen LogP contribution in [0.15, 0.2) is 119 Å². The number of nitrogens with zero attached hydrogens (tertiary/aromatic N) is 11. The maximum atomic E-state index is 15.8. The Balaban J connectivity index is 0.497. The van der Waals surface area contributed by atoms with Gasteiger partial charge >= 0.3 is 6.03 Å². The summed E-state index contributed by atoms with van der Waals surface area (Å²) in [6.45, 7) is 19.3. The number of anilines is 3. The van der Waals surface area contributed by atoms with E-state index in [0.29, 0.717) is 147 Å². The Morgan fingerprint density at radius 2 is 1.49 bits per heavy atom. The number of aromatic nitrogens is 2. The molecule has 7 aliphatic heterocycles. The van der Waals surface area contributed by atoms with E-state index in [-0.39, 0.29) is 80.1 Å². The number of hydrogen-bond donors (Lipinski definition) is 4. The number of amidine groups is 1. The molecule has 4 atom stereocenters. The van der Waals surface area contributed by atoms with Gasteiger partial charge in [0.05, 0.1) is 62.3 Å². The molecule has 6 amide bonds. The van der Waals surface area contributed by atoms with Gasteiger partial charge in [0, 0.05) is 138 Å². The first kappa shape index (κ1) is 75.8. The van der Waals surface area contributed by atoms with Crippen molar-refractivity contribution in [3.63, 3.8) is 0 Å². The van der Waals surface area contributed by atoms with Gasteiger partial charge in [-0.05, 0) is 141 Å². The summed E-state index contributed by atoms with van der Waals surface area (Å²) in [5.41, 5.74) is 4.55. The Morgan fingerprint density at radius 3 is 2.21 bits per heavy atom. The molecule has 566 valence electrons. The second-order valence-corrected chi connectivity index (χ2v) is 31.6. The van der Waals surface area contributed by atoms with Gasteiger partial charge in [0.1, 0.15) is 59.5 Å². The van der Waals surface area contributed by atoms with Crippen molar-refractivity contribution < 1.29 is 47.0 Å². The molecule has 0 bridgehead atoms. The summed E-state index contributed by atoms with van der Waals surface area (Å²) in [6, 6.07) is 24.0. The summed E-state index contributed by atoms with van der Waals surface area (Å²) in [6.07, 6.45) is 10.00.